The van der Waals surface area contributed by atoms with Crippen molar-refractivity contribution < 1.29 is 9.90 Å². The summed E-state index contributed by atoms with van der Waals surface area (Å²) in [6, 6.07) is 4.44. The summed E-state index contributed by atoms with van der Waals surface area (Å²) < 4.78 is 2.12. The standard InChI is InChI=1S/C14H16N4O2S/c19-13(20)9-21-14-17-16-12(18(14)11-2-3-11)4-1-10-5-7-15-8-6-10/h5-8,11H,1-4,9H2,(H,19,20). The lowest BCUT2D eigenvalue weighted by Gasteiger charge is -2.08. The molecule has 110 valence electrons. The van der Waals surface area contributed by atoms with Gasteiger partial charge in [-0.15, -0.1) is 10.2 Å². The van der Waals surface area contributed by atoms with Gasteiger partial charge in [-0.3, -0.25) is 9.78 Å². The normalized spacial score (nSPS) is 14.3. The van der Waals surface area contributed by atoms with E-state index in [4.69, 9.17) is 5.11 Å². The molecule has 1 fully saturated rings. The van der Waals surface area contributed by atoms with E-state index in [0.29, 0.717) is 6.04 Å². The Labute approximate surface area is 126 Å². The van der Waals surface area contributed by atoms with Crippen molar-refractivity contribution in [1.29, 1.82) is 0 Å². The van der Waals surface area contributed by atoms with E-state index in [-0.39, 0.29) is 5.75 Å². The smallest absolute Gasteiger partial charge is 0.313 e. The molecule has 0 bridgehead atoms. The van der Waals surface area contributed by atoms with Crippen molar-refractivity contribution in [3.63, 3.8) is 0 Å². The number of rotatable bonds is 7. The Bertz CT molecular complexity index is 625. The van der Waals surface area contributed by atoms with Crippen molar-refractivity contribution >= 4 is 17.7 Å². The van der Waals surface area contributed by atoms with Crippen LogP contribution in [0, 0.1) is 0 Å². The third kappa shape index (κ3) is 3.60. The fourth-order valence-corrected chi connectivity index (χ4v) is 2.95. The van der Waals surface area contributed by atoms with Crippen LogP contribution in [0.1, 0.15) is 30.3 Å². The summed E-state index contributed by atoms with van der Waals surface area (Å²) >= 11 is 1.25. The molecule has 1 aliphatic rings. The van der Waals surface area contributed by atoms with Crippen LogP contribution >= 0.6 is 11.8 Å². The van der Waals surface area contributed by atoms with Crippen molar-refractivity contribution in [2.75, 3.05) is 5.75 Å². The number of hydrogen-bond donors (Lipinski definition) is 1. The van der Waals surface area contributed by atoms with E-state index in [2.05, 4.69) is 19.7 Å². The molecule has 0 atom stereocenters. The van der Waals surface area contributed by atoms with Crippen LogP contribution in [0.2, 0.25) is 0 Å². The first-order valence-electron chi connectivity index (χ1n) is 6.91. The van der Waals surface area contributed by atoms with Gasteiger partial charge in [0.25, 0.3) is 0 Å². The van der Waals surface area contributed by atoms with E-state index >= 15 is 0 Å². The van der Waals surface area contributed by atoms with Crippen LogP contribution in [-0.4, -0.2) is 36.6 Å². The number of thioether (sulfide) groups is 1. The molecule has 2 heterocycles. The molecule has 0 amide bonds. The van der Waals surface area contributed by atoms with Crippen LogP contribution in [-0.2, 0) is 17.6 Å². The van der Waals surface area contributed by atoms with Crippen molar-refractivity contribution in [2.24, 2.45) is 0 Å². The topological polar surface area (TPSA) is 80.9 Å². The Morgan fingerprint density at radius 2 is 2.05 bits per heavy atom. The van der Waals surface area contributed by atoms with Gasteiger partial charge in [0, 0.05) is 24.9 Å². The minimum atomic E-state index is -0.830. The van der Waals surface area contributed by atoms with Crippen LogP contribution in [0.3, 0.4) is 0 Å². The zero-order chi connectivity index (χ0) is 14.7. The predicted octanol–water partition coefficient (Wildman–Crippen LogP) is 1.97. The molecule has 2 aromatic rings. The second kappa shape index (κ2) is 6.26. The maximum atomic E-state index is 10.7. The number of aliphatic carboxylic acids is 1. The molecular weight excluding hydrogens is 288 g/mol. The van der Waals surface area contributed by atoms with Crippen LogP contribution in [0.5, 0.6) is 0 Å². The highest BCUT2D eigenvalue weighted by Gasteiger charge is 2.29. The Morgan fingerprint density at radius 1 is 1.29 bits per heavy atom. The van der Waals surface area contributed by atoms with Crippen molar-refractivity contribution in [3.05, 3.63) is 35.9 Å². The van der Waals surface area contributed by atoms with Gasteiger partial charge in [-0.25, -0.2) is 0 Å². The van der Waals surface area contributed by atoms with E-state index in [9.17, 15) is 4.79 Å². The molecule has 1 saturated carbocycles. The Balaban J connectivity index is 1.71. The van der Waals surface area contributed by atoms with E-state index in [0.717, 1.165) is 36.7 Å². The van der Waals surface area contributed by atoms with Gasteiger partial charge in [0.05, 0.1) is 5.75 Å². The summed E-state index contributed by atoms with van der Waals surface area (Å²) in [4.78, 5) is 14.7. The molecule has 0 aromatic carbocycles. The monoisotopic (exact) mass is 304 g/mol. The summed E-state index contributed by atoms with van der Waals surface area (Å²) in [6.45, 7) is 0. The predicted molar refractivity (Wildman–Crippen MR) is 78.3 cm³/mol. The first-order valence-corrected chi connectivity index (χ1v) is 7.90. The largest absolute Gasteiger partial charge is 0.481 e. The van der Waals surface area contributed by atoms with Gasteiger partial charge in [-0.05, 0) is 37.0 Å². The van der Waals surface area contributed by atoms with Crippen molar-refractivity contribution in [3.8, 4) is 0 Å². The van der Waals surface area contributed by atoms with Gasteiger partial charge in [-0.2, -0.15) is 0 Å². The van der Waals surface area contributed by atoms with E-state index in [1.54, 1.807) is 12.4 Å². The number of hydrogen-bond acceptors (Lipinski definition) is 5. The van der Waals surface area contributed by atoms with Gasteiger partial charge in [-0.1, -0.05) is 11.8 Å². The average molecular weight is 304 g/mol. The summed E-state index contributed by atoms with van der Waals surface area (Å²) in [6.07, 6.45) is 7.52. The first kappa shape index (κ1) is 14.1. The van der Waals surface area contributed by atoms with Crippen LogP contribution in [0.4, 0.5) is 0 Å². The number of aromatic nitrogens is 4. The van der Waals surface area contributed by atoms with Gasteiger partial charge < -0.3 is 9.67 Å². The van der Waals surface area contributed by atoms with E-state index in [1.165, 1.54) is 17.3 Å². The average Bonchev–Trinajstić information content (AvgIpc) is 3.25. The SMILES string of the molecule is O=C(O)CSc1nnc(CCc2ccncc2)n1C1CC1. The molecule has 1 N–H and O–H groups in total. The number of pyridine rings is 1. The molecule has 7 heteroatoms. The number of carboxylic acids is 1. The zero-order valence-corrected chi connectivity index (χ0v) is 12.3. The van der Waals surface area contributed by atoms with Gasteiger partial charge in [0.2, 0.25) is 0 Å². The Hall–Kier alpha value is -1.89. The Kier molecular flexibility index (Phi) is 4.19. The minimum absolute atomic E-state index is 0.0230. The highest BCUT2D eigenvalue weighted by Crippen LogP contribution is 2.38. The van der Waals surface area contributed by atoms with Gasteiger partial charge >= 0.3 is 5.97 Å². The summed E-state index contributed by atoms with van der Waals surface area (Å²) in [5, 5.41) is 17.9. The molecule has 21 heavy (non-hydrogen) atoms. The van der Waals surface area contributed by atoms with Gasteiger partial charge in [0.1, 0.15) is 5.82 Å². The minimum Gasteiger partial charge on any atom is -0.481 e. The summed E-state index contributed by atoms with van der Waals surface area (Å²) in [5.41, 5.74) is 1.22. The second-order valence-corrected chi connectivity index (χ2v) is 5.98. The quantitative estimate of drug-likeness (QED) is 0.788. The molecule has 0 spiro atoms. The van der Waals surface area contributed by atoms with Crippen LogP contribution in [0.25, 0.3) is 0 Å². The summed E-state index contributed by atoms with van der Waals surface area (Å²) in [7, 11) is 0. The number of carbonyl (C=O) groups is 1. The number of carboxylic acid groups (broad SMARTS) is 1. The molecule has 0 unspecified atom stereocenters. The lowest BCUT2D eigenvalue weighted by Crippen LogP contribution is -2.06. The molecule has 2 aromatic heterocycles. The summed E-state index contributed by atoms with van der Waals surface area (Å²) in [5.74, 6) is 0.140. The third-order valence-electron chi connectivity index (χ3n) is 3.36. The fraction of sp³-hybridized carbons (Fsp3) is 0.429. The highest BCUT2D eigenvalue weighted by atomic mass is 32.2. The maximum Gasteiger partial charge on any atom is 0.313 e. The lowest BCUT2D eigenvalue weighted by molar-refractivity contribution is -0.133. The lowest BCUT2D eigenvalue weighted by atomic mass is 10.1. The molecule has 0 saturated heterocycles. The molecule has 0 aliphatic heterocycles. The highest BCUT2D eigenvalue weighted by molar-refractivity contribution is 7.99. The van der Waals surface area contributed by atoms with Gasteiger partial charge in [0.15, 0.2) is 5.16 Å². The number of aryl methyl sites for hydroxylation is 2. The van der Waals surface area contributed by atoms with Crippen LogP contribution < -0.4 is 0 Å². The molecular formula is C14H16N4O2S. The molecule has 3 rings (SSSR count). The van der Waals surface area contributed by atoms with Crippen molar-refractivity contribution in [2.45, 2.75) is 36.9 Å². The van der Waals surface area contributed by atoms with Crippen LogP contribution in [0.15, 0.2) is 29.7 Å². The number of nitrogens with zero attached hydrogens (tertiary/aromatic N) is 4. The fourth-order valence-electron chi connectivity index (χ4n) is 2.21. The first-order chi connectivity index (χ1) is 10.2. The van der Waals surface area contributed by atoms with E-state index in [1.807, 2.05) is 12.1 Å². The van der Waals surface area contributed by atoms with Crippen molar-refractivity contribution in [1.82, 2.24) is 19.7 Å². The van der Waals surface area contributed by atoms with E-state index < -0.39 is 5.97 Å². The molecule has 0 radical (unpaired) electrons. The molecule has 6 nitrogen and oxygen atoms in total. The molecule has 1 aliphatic carbocycles. The zero-order valence-electron chi connectivity index (χ0n) is 11.5. The third-order valence-corrected chi connectivity index (χ3v) is 4.29. The maximum absolute atomic E-state index is 10.7. The second-order valence-electron chi connectivity index (χ2n) is 5.04. The Morgan fingerprint density at radius 3 is 2.71 bits per heavy atom.